The summed E-state index contributed by atoms with van der Waals surface area (Å²) in [5.41, 5.74) is 1.20. The number of nitrogens with one attached hydrogen (secondary N) is 1. The first-order valence-corrected chi connectivity index (χ1v) is 7.30. The molecule has 0 aliphatic heterocycles. The van der Waals surface area contributed by atoms with E-state index in [1.165, 1.54) is 0 Å². The molecule has 2 aromatic heterocycles. The lowest BCUT2D eigenvalue weighted by atomic mass is 10.2. The van der Waals surface area contributed by atoms with Crippen LogP contribution in [0.4, 0.5) is 6.01 Å². The van der Waals surface area contributed by atoms with Gasteiger partial charge in [0.25, 0.3) is 11.8 Å². The van der Waals surface area contributed by atoms with Gasteiger partial charge in [-0.05, 0) is 48.0 Å². The Hall–Kier alpha value is -2.41. The van der Waals surface area contributed by atoms with Crippen LogP contribution in [0.1, 0.15) is 21.9 Å². The van der Waals surface area contributed by atoms with Crippen molar-refractivity contribution in [3.8, 4) is 11.5 Å². The summed E-state index contributed by atoms with van der Waals surface area (Å²) in [4.78, 5) is 12.2. The third-order valence-electron chi connectivity index (χ3n) is 3.04. The third-order valence-corrected chi connectivity index (χ3v) is 3.73. The molecule has 0 atom stereocenters. The van der Waals surface area contributed by atoms with Crippen molar-refractivity contribution in [2.24, 2.45) is 0 Å². The Labute approximate surface area is 134 Å². The molecule has 0 saturated carbocycles. The van der Waals surface area contributed by atoms with Crippen molar-refractivity contribution in [3.05, 3.63) is 51.9 Å². The molecule has 0 radical (unpaired) electrons. The van der Waals surface area contributed by atoms with E-state index < -0.39 is 0 Å². The maximum absolute atomic E-state index is 12.2. The second-order valence-electron chi connectivity index (χ2n) is 4.67. The fourth-order valence-corrected chi connectivity index (χ4v) is 2.50. The Morgan fingerprint density at radius 3 is 2.64 bits per heavy atom. The quantitative estimate of drug-likeness (QED) is 0.763. The molecule has 0 fully saturated rings. The first kappa shape index (κ1) is 14.5. The number of aryl methyl sites for hydroxylation is 2. The molecule has 22 heavy (non-hydrogen) atoms. The monoisotopic (exact) mass is 361 g/mol. The average Bonchev–Trinajstić information content (AvgIpc) is 3.05. The van der Waals surface area contributed by atoms with Crippen molar-refractivity contribution >= 4 is 27.9 Å². The average molecular weight is 362 g/mol. The molecule has 2 heterocycles. The van der Waals surface area contributed by atoms with Crippen LogP contribution in [0.25, 0.3) is 11.5 Å². The van der Waals surface area contributed by atoms with Crippen LogP contribution in [0, 0.1) is 13.8 Å². The number of hydrogen-bond acceptors (Lipinski definition) is 5. The van der Waals surface area contributed by atoms with Crippen molar-refractivity contribution in [1.29, 1.82) is 0 Å². The number of anilines is 1. The van der Waals surface area contributed by atoms with Gasteiger partial charge in [-0.2, -0.15) is 0 Å². The molecule has 0 aliphatic rings. The number of carbonyl (C=O) groups excluding carboxylic acids is 1. The summed E-state index contributed by atoms with van der Waals surface area (Å²) in [5.74, 6) is 1.41. The molecule has 0 saturated heterocycles. The van der Waals surface area contributed by atoms with E-state index in [1.54, 1.807) is 18.2 Å². The van der Waals surface area contributed by atoms with Gasteiger partial charge in [0.15, 0.2) is 0 Å². The van der Waals surface area contributed by atoms with Crippen molar-refractivity contribution in [2.45, 2.75) is 13.8 Å². The first-order valence-electron chi connectivity index (χ1n) is 6.51. The standard InChI is InChI=1S/C15H12BrN3O3/c1-8-7-11(9(2)21-8)14-18-19-15(22-14)17-13(20)10-5-3-4-6-12(10)16/h3-7H,1-2H3,(H,17,19,20). The van der Waals surface area contributed by atoms with Crippen LogP contribution in [0.5, 0.6) is 0 Å². The largest absolute Gasteiger partial charge is 0.466 e. The predicted molar refractivity (Wildman–Crippen MR) is 83.6 cm³/mol. The summed E-state index contributed by atoms with van der Waals surface area (Å²) in [5, 5.41) is 10.3. The molecule has 0 bridgehead atoms. The molecular weight excluding hydrogens is 350 g/mol. The van der Waals surface area contributed by atoms with Crippen LogP contribution < -0.4 is 5.32 Å². The Bertz CT molecular complexity index is 838. The highest BCUT2D eigenvalue weighted by Crippen LogP contribution is 2.26. The minimum absolute atomic E-state index is 0.0361. The second-order valence-corrected chi connectivity index (χ2v) is 5.53. The van der Waals surface area contributed by atoms with Gasteiger partial charge >= 0.3 is 6.01 Å². The number of rotatable bonds is 3. The zero-order valence-electron chi connectivity index (χ0n) is 11.9. The van der Waals surface area contributed by atoms with Gasteiger partial charge < -0.3 is 8.83 Å². The Morgan fingerprint density at radius 2 is 1.95 bits per heavy atom. The van der Waals surface area contributed by atoms with Gasteiger partial charge in [0, 0.05) is 4.47 Å². The van der Waals surface area contributed by atoms with Gasteiger partial charge in [-0.15, -0.1) is 5.10 Å². The zero-order chi connectivity index (χ0) is 15.7. The Balaban J connectivity index is 1.82. The summed E-state index contributed by atoms with van der Waals surface area (Å²) in [7, 11) is 0. The van der Waals surface area contributed by atoms with Crippen LogP contribution in [0.2, 0.25) is 0 Å². The number of carbonyl (C=O) groups is 1. The summed E-state index contributed by atoms with van der Waals surface area (Å²) in [6.45, 7) is 3.65. The number of halogens is 1. The van der Waals surface area contributed by atoms with Crippen molar-refractivity contribution < 1.29 is 13.6 Å². The van der Waals surface area contributed by atoms with E-state index in [-0.39, 0.29) is 11.9 Å². The molecule has 1 N–H and O–H groups in total. The molecule has 0 aliphatic carbocycles. The van der Waals surface area contributed by atoms with E-state index in [4.69, 9.17) is 8.83 Å². The number of benzene rings is 1. The van der Waals surface area contributed by atoms with Crippen molar-refractivity contribution in [2.75, 3.05) is 5.32 Å². The SMILES string of the molecule is Cc1cc(-c2nnc(NC(=O)c3ccccc3Br)o2)c(C)o1. The topological polar surface area (TPSA) is 81.2 Å². The normalized spacial score (nSPS) is 10.7. The molecule has 1 aromatic carbocycles. The van der Waals surface area contributed by atoms with E-state index in [2.05, 4.69) is 31.4 Å². The fraction of sp³-hybridized carbons (Fsp3) is 0.133. The lowest BCUT2D eigenvalue weighted by Crippen LogP contribution is -2.12. The smallest absolute Gasteiger partial charge is 0.322 e. The van der Waals surface area contributed by atoms with Gasteiger partial charge in [0.1, 0.15) is 11.5 Å². The van der Waals surface area contributed by atoms with E-state index in [9.17, 15) is 4.79 Å². The van der Waals surface area contributed by atoms with E-state index >= 15 is 0 Å². The summed E-state index contributed by atoms with van der Waals surface area (Å²) in [6, 6.07) is 8.93. The van der Waals surface area contributed by atoms with Crippen LogP contribution in [-0.4, -0.2) is 16.1 Å². The van der Waals surface area contributed by atoms with Gasteiger partial charge in [-0.25, -0.2) is 0 Å². The molecule has 0 unspecified atom stereocenters. The highest BCUT2D eigenvalue weighted by molar-refractivity contribution is 9.10. The first-order chi connectivity index (χ1) is 10.5. The lowest BCUT2D eigenvalue weighted by molar-refractivity contribution is 0.102. The molecule has 1 amide bonds. The van der Waals surface area contributed by atoms with Gasteiger partial charge in [0.05, 0.1) is 11.1 Å². The van der Waals surface area contributed by atoms with Crippen LogP contribution in [0.3, 0.4) is 0 Å². The Kier molecular flexibility index (Phi) is 3.81. The molecule has 112 valence electrons. The van der Waals surface area contributed by atoms with Crippen molar-refractivity contribution in [3.63, 3.8) is 0 Å². The molecule has 3 aromatic rings. The Morgan fingerprint density at radius 1 is 1.18 bits per heavy atom. The fourth-order valence-electron chi connectivity index (χ4n) is 2.04. The minimum Gasteiger partial charge on any atom is -0.466 e. The van der Waals surface area contributed by atoms with E-state index in [0.29, 0.717) is 27.3 Å². The van der Waals surface area contributed by atoms with Gasteiger partial charge in [-0.3, -0.25) is 10.1 Å². The number of amides is 1. The van der Waals surface area contributed by atoms with Crippen LogP contribution in [0.15, 0.2) is 43.6 Å². The summed E-state index contributed by atoms with van der Waals surface area (Å²) in [6.07, 6.45) is 0. The predicted octanol–water partition coefficient (Wildman–Crippen LogP) is 3.96. The maximum atomic E-state index is 12.2. The van der Waals surface area contributed by atoms with Crippen molar-refractivity contribution in [1.82, 2.24) is 10.2 Å². The van der Waals surface area contributed by atoms with E-state index in [0.717, 1.165) is 5.76 Å². The molecule has 6 nitrogen and oxygen atoms in total. The minimum atomic E-state index is -0.331. The molecular formula is C15H12BrN3O3. The number of aromatic nitrogens is 2. The highest BCUT2D eigenvalue weighted by Gasteiger charge is 2.17. The third kappa shape index (κ3) is 2.80. The number of furan rings is 1. The number of nitrogens with zero attached hydrogens (tertiary/aromatic N) is 2. The molecule has 0 spiro atoms. The zero-order valence-corrected chi connectivity index (χ0v) is 13.5. The summed E-state index contributed by atoms with van der Waals surface area (Å²) < 4.78 is 11.6. The highest BCUT2D eigenvalue weighted by atomic mass is 79.9. The van der Waals surface area contributed by atoms with Gasteiger partial charge in [0.2, 0.25) is 0 Å². The van der Waals surface area contributed by atoms with Crippen LogP contribution >= 0.6 is 15.9 Å². The molecule has 3 rings (SSSR count). The van der Waals surface area contributed by atoms with Crippen LogP contribution in [-0.2, 0) is 0 Å². The summed E-state index contributed by atoms with van der Waals surface area (Å²) >= 11 is 3.32. The van der Waals surface area contributed by atoms with Gasteiger partial charge in [-0.1, -0.05) is 17.2 Å². The maximum Gasteiger partial charge on any atom is 0.322 e. The second kappa shape index (κ2) is 5.76. The molecule has 7 heteroatoms. The number of hydrogen-bond donors (Lipinski definition) is 1. The van der Waals surface area contributed by atoms with E-state index in [1.807, 2.05) is 26.0 Å². The lowest BCUT2D eigenvalue weighted by Gasteiger charge is -2.02.